The lowest BCUT2D eigenvalue weighted by Crippen LogP contribution is -2.34. The van der Waals surface area contributed by atoms with Crippen LogP contribution >= 0.6 is 11.6 Å². The second-order valence-corrected chi connectivity index (χ2v) is 3.61. The first-order chi connectivity index (χ1) is 7.61. The van der Waals surface area contributed by atoms with Gasteiger partial charge in [0.2, 0.25) is 0 Å². The van der Waals surface area contributed by atoms with Crippen LogP contribution < -0.4 is 0 Å². The zero-order valence-corrected chi connectivity index (χ0v) is 9.67. The predicted molar refractivity (Wildman–Crippen MR) is 60.1 cm³/mol. The summed E-state index contributed by atoms with van der Waals surface area (Å²) in [5.74, 6) is -1.14. The second-order valence-electron chi connectivity index (χ2n) is 3.21. The molecule has 0 aliphatic heterocycles. The molecule has 0 saturated heterocycles. The van der Waals surface area contributed by atoms with Crippen molar-refractivity contribution in [1.29, 1.82) is 0 Å². The Morgan fingerprint density at radius 2 is 2.25 bits per heavy atom. The Bertz CT molecular complexity index is 364. The SMILES string of the molecule is CCN(CCO)C(=O)c1c(F)cccc1Cl. The number of aliphatic hydroxyl groups excluding tert-OH is 1. The summed E-state index contributed by atoms with van der Waals surface area (Å²) in [6.07, 6.45) is 0. The molecule has 5 heteroatoms. The second kappa shape index (κ2) is 5.82. The summed E-state index contributed by atoms with van der Waals surface area (Å²) in [7, 11) is 0. The summed E-state index contributed by atoms with van der Waals surface area (Å²) in [6, 6.07) is 4.09. The van der Waals surface area contributed by atoms with Gasteiger partial charge in [-0.3, -0.25) is 4.79 Å². The van der Waals surface area contributed by atoms with Crippen LogP contribution in [0.1, 0.15) is 17.3 Å². The molecular formula is C11H13ClFNO2. The van der Waals surface area contributed by atoms with Gasteiger partial charge in [-0.15, -0.1) is 0 Å². The molecule has 1 N–H and O–H groups in total. The van der Waals surface area contributed by atoms with Gasteiger partial charge in [0, 0.05) is 13.1 Å². The Balaban J connectivity index is 3.03. The third kappa shape index (κ3) is 2.71. The smallest absolute Gasteiger partial charge is 0.258 e. The highest BCUT2D eigenvalue weighted by Gasteiger charge is 2.20. The number of likely N-dealkylation sites (N-methyl/N-ethyl adjacent to an activating group) is 1. The zero-order chi connectivity index (χ0) is 12.1. The Labute approximate surface area is 98.4 Å². The Hall–Kier alpha value is -1.13. The van der Waals surface area contributed by atoms with E-state index in [9.17, 15) is 9.18 Å². The zero-order valence-electron chi connectivity index (χ0n) is 8.91. The van der Waals surface area contributed by atoms with Gasteiger partial charge in [-0.25, -0.2) is 4.39 Å². The van der Waals surface area contributed by atoms with Crippen LogP contribution in [0.15, 0.2) is 18.2 Å². The van der Waals surface area contributed by atoms with Crippen LogP contribution in [0.3, 0.4) is 0 Å². The molecule has 0 spiro atoms. The first-order valence-electron chi connectivity index (χ1n) is 4.96. The largest absolute Gasteiger partial charge is 0.395 e. The van der Waals surface area contributed by atoms with Crippen molar-refractivity contribution in [3.05, 3.63) is 34.6 Å². The highest BCUT2D eigenvalue weighted by molar-refractivity contribution is 6.33. The molecule has 16 heavy (non-hydrogen) atoms. The number of halogens is 2. The summed E-state index contributed by atoms with van der Waals surface area (Å²) in [5, 5.41) is 8.87. The number of carbonyl (C=O) groups excluding carboxylic acids is 1. The van der Waals surface area contributed by atoms with E-state index in [0.717, 1.165) is 0 Å². The molecule has 88 valence electrons. The van der Waals surface area contributed by atoms with Crippen molar-refractivity contribution in [3.63, 3.8) is 0 Å². The molecule has 1 aromatic rings. The molecule has 1 rings (SSSR count). The third-order valence-electron chi connectivity index (χ3n) is 2.22. The fourth-order valence-corrected chi connectivity index (χ4v) is 1.63. The molecule has 0 fully saturated rings. The number of hydrogen-bond acceptors (Lipinski definition) is 2. The van der Waals surface area contributed by atoms with E-state index in [1.807, 2.05) is 0 Å². The highest BCUT2D eigenvalue weighted by atomic mass is 35.5. The number of rotatable bonds is 4. The fourth-order valence-electron chi connectivity index (χ4n) is 1.38. The summed E-state index contributed by atoms with van der Waals surface area (Å²) < 4.78 is 13.4. The number of hydrogen-bond donors (Lipinski definition) is 1. The topological polar surface area (TPSA) is 40.5 Å². The molecule has 0 aliphatic carbocycles. The molecule has 1 amide bonds. The number of aliphatic hydroxyl groups is 1. The van der Waals surface area contributed by atoms with Crippen molar-refractivity contribution in [1.82, 2.24) is 4.90 Å². The maximum atomic E-state index is 13.4. The van der Waals surface area contributed by atoms with Crippen LogP contribution in [0.2, 0.25) is 5.02 Å². The van der Waals surface area contributed by atoms with Gasteiger partial charge >= 0.3 is 0 Å². The Morgan fingerprint density at radius 3 is 2.75 bits per heavy atom. The minimum absolute atomic E-state index is 0.0846. The van der Waals surface area contributed by atoms with Gasteiger partial charge in [0.1, 0.15) is 5.82 Å². The number of benzene rings is 1. The standard InChI is InChI=1S/C11H13ClFNO2/c1-2-14(6-7-15)11(16)10-8(12)4-3-5-9(10)13/h3-5,15H,2,6-7H2,1H3. The Kier molecular flexibility index (Phi) is 4.71. The van der Waals surface area contributed by atoms with Crippen LogP contribution in [0.5, 0.6) is 0 Å². The van der Waals surface area contributed by atoms with Crippen molar-refractivity contribution in [2.24, 2.45) is 0 Å². The van der Waals surface area contributed by atoms with Crippen molar-refractivity contribution in [3.8, 4) is 0 Å². The van der Waals surface area contributed by atoms with Crippen LogP contribution in [-0.2, 0) is 0 Å². The van der Waals surface area contributed by atoms with Gasteiger partial charge in [-0.1, -0.05) is 17.7 Å². The van der Waals surface area contributed by atoms with E-state index in [1.54, 1.807) is 6.92 Å². The normalized spacial score (nSPS) is 10.2. The van der Waals surface area contributed by atoms with E-state index >= 15 is 0 Å². The lowest BCUT2D eigenvalue weighted by molar-refractivity contribution is 0.0727. The third-order valence-corrected chi connectivity index (χ3v) is 2.53. The minimum Gasteiger partial charge on any atom is -0.395 e. The maximum Gasteiger partial charge on any atom is 0.258 e. The molecular weight excluding hydrogens is 233 g/mol. The molecule has 0 aliphatic rings. The predicted octanol–water partition coefficient (Wildman–Crippen LogP) is 1.93. The van der Waals surface area contributed by atoms with E-state index in [-0.39, 0.29) is 23.7 Å². The first kappa shape index (κ1) is 12.9. The molecule has 1 aromatic carbocycles. The minimum atomic E-state index is -0.645. The Morgan fingerprint density at radius 1 is 1.56 bits per heavy atom. The summed E-state index contributed by atoms with van der Waals surface area (Å²) in [5.41, 5.74) is -0.139. The maximum absolute atomic E-state index is 13.4. The van der Waals surface area contributed by atoms with Gasteiger partial charge in [0.25, 0.3) is 5.91 Å². The number of nitrogens with zero attached hydrogens (tertiary/aromatic N) is 1. The van der Waals surface area contributed by atoms with E-state index in [1.165, 1.54) is 23.1 Å². The van der Waals surface area contributed by atoms with E-state index in [4.69, 9.17) is 16.7 Å². The van der Waals surface area contributed by atoms with Gasteiger partial charge < -0.3 is 10.0 Å². The van der Waals surface area contributed by atoms with E-state index < -0.39 is 11.7 Å². The molecule has 0 unspecified atom stereocenters. The first-order valence-corrected chi connectivity index (χ1v) is 5.33. The van der Waals surface area contributed by atoms with Crippen LogP contribution in [0.25, 0.3) is 0 Å². The van der Waals surface area contributed by atoms with Gasteiger partial charge in [0.05, 0.1) is 17.2 Å². The van der Waals surface area contributed by atoms with Gasteiger partial charge in [-0.2, -0.15) is 0 Å². The summed E-state index contributed by atoms with van der Waals surface area (Å²) in [6.45, 7) is 2.15. The molecule has 3 nitrogen and oxygen atoms in total. The molecule has 0 atom stereocenters. The van der Waals surface area contributed by atoms with Gasteiger partial charge in [-0.05, 0) is 19.1 Å². The molecule has 0 bridgehead atoms. The lowest BCUT2D eigenvalue weighted by atomic mass is 10.2. The van der Waals surface area contributed by atoms with Crippen LogP contribution in [0, 0.1) is 5.82 Å². The molecule has 0 saturated carbocycles. The van der Waals surface area contributed by atoms with Crippen molar-refractivity contribution in [2.45, 2.75) is 6.92 Å². The fraction of sp³-hybridized carbons (Fsp3) is 0.364. The van der Waals surface area contributed by atoms with Crippen LogP contribution in [0.4, 0.5) is 4.39 Å². The van der Waals surface area contributed by atoms with Crippen LogP contribution in [-0.4, -0.2) is 35.6 Å². The van der Waals surface area contributed by atoms with Gasteiger partial charge in [0.15, 0.2) is 0 Å². The van der Waals surface area contributed by atoms with E-state index in [0.29, 0.717) is 6.54 Å². The highest BCUT2D eigenvalue weighted by Crippen LogP contribution is 2.20. The quantitative estimate of drug-likeness (QED) is 0.881. The van der Waals surface area contributed by atoms with Crippen molar-refractivity contribution >= 4 is 17.5 Å². The van der Waals surface area contributed by atoms with E-state index in [2.05, 4.69) is 0 Å². The lowest BCUT2D eigenvalue weighted by Gasteiger charge is -2.20. The monoisotopic (exact) mass is 245 g/mol. The van der Waals surface area contributed by atoms with Crippen molar-refractivity contribution in [2.75, 3.05) is 19.7 Å². The van der Waals surface area contributed by atoms with Crippen molar-refractivity contribution < 1.29 is 14.3 Å². The average molecular weight is 246 g/mol. The molecule has 0 aromatic heterocycles. The summed E-state index contributed by atoms with van der Waals surface area (Å²) >= 11 is 5.78. The number of amides is 1. The summed E-state index contributed by atoms with van der Waals surface area (Å²) in [4.78, 5) is 13.2. The average Bonchev–Trinajstić information content (AvgIpc) is 2.25. The number of carbonyl (C=O) groups is 1. The molecule has 0 heterocycles. The molecule has 0 radical (unpaired) electrons.